The molecule has 0 radical (unpaired) electrons. The maximum atomic E-state index is 12.3. The number of sulfonamides is 1. The number of anilines is 1. The Morgan fingerprint density at radius 3 is 2.61 bits per heavy atom. The van der Waals surface area contributed by atoms with Gasteiger partial charge in [0, 0.05) is 23.9 Å². The molecule has 0 spiro atoms. The van der Waals surface area contributed by atoms with Gasteiger partial charge in [-0.1, -0.05) is 22.0 Å². The Bertz CT molecular complexity index is 644. The van der Waals surface area contributed by atoms with Crippen LogP contribution in [0.15, 0.2) is 58.2 Å². The van der Waals surface area contributed by atoms with Gasteiger partial charge in [-0.2, -0.15) is 0 Å². The van der Waals surface area contributed by atoms with Crippen LogP contribution in [0.5, 0.6) is 0 Å². The molecule has 0 amide bonds. The molecule has 0 saturated carbocycles. The minimum Gasteiger partial charge on any atom is -0.269 e. The lowest BCUT2D eigenvalue weighted by atomic mass is 10.3. The number of aromatic nitrogens is 1. The smallest absolute Gasteiger partial charge is 0.265 e. The summed E-state index contributed by atoms with van der Waals surface area (Å²) in [7, 11) is -2.04. The average Bonchev–Trinajstić information content (AvgIpc) is 2.39. The van der Waals surface area contributed by atoms with Crippen molar-refractivity contribution < 1.29 is 8.42 Å². The van der Waals surface area contributed by atoms with Gasteiger partial charge >= 0.3 is 0 Å². The van der Waals surface area contributed by atoms with Crippen LogP contribution < -0.4 is 4.31 Å². The van der Waals surface area contributed by atoms with E-state index < -0.39 is 10.0 Å². The molecule has 2 rings (SSSR count). The van der Waals surface area contributed by atoms with Crippen molar-refractivity contribution in [3.63, 3.8) is 0 Å². The van der Waals surface area contributed by atoms with E-state index in [1.165, 1.54) is 29.8 Å². The van der Waals surface area contributed by atoms with E-state index >= 15 is 0 Å². The summed E-state index contributed by atoms with van der Waals surface area (Å²) in [6.07, 6.45) is 2.88. The zero-order valence-corrected chi connectivity index (χ0v) is 12.0. The molecule has 1 heterocycles. The monoisotopic (exact) mass is 326 g/mol. The Morgan fingerprint density at radius 2 is 2.00 bits per heavy atom. The molecule has 94 valence electrons. The quantitative estimate of drug-likeness (QED) is 0.871. The molecule has 6 heteroatoms. The summed E-state index contributed by atoms with van der Waals surface area (Å²) in [5.74, 6) is 0. The van der Waals surface area contributed by atoms with Crippen LogP contribution >= 0.6 is 15.9 Å². The normalized spacial score (nSPS) is 11.2. The number of hydrogen-bond donors (Lipinski definition) is 0. The first-order valence-corrected chi connectivity index (χ1v) is 7.39. The fourth-order valence-electron chi connectivity index (χ4n) is 1.47. The molecule has 0 N–H and O–H groups in total. The minimum atomic E-state index is -3.56. The summed E-state index contributed by atoms with van der Waals surface area (Å²) in [4.78, 5) is 4.00. The largest absolute Gasteiger partial charge is 0.269 e. The van der Waals surface area contributed by atoms with Crippen LogP contribution in [-0.4, -0.2) is 20.4 Å². The molecule has 0 fully saturated rings. The van der Waals surface area contributed by atoms with E-state index in [1.54, 1.807) is 24.3 Å². The first kappa shape index (κ1) is 13.0. The van der Waals surface area contributed by atoms with Crippen molar-refractivity contribution in [1.29, 1.82) is 0 Å². The van der Waals surface area contributed by atoms with Gasteiger partial charge in [-0.3, -0.25) is 9.29 Å². The highest BCUT2D eigenvalue weighted by Crippen LogP contribution is 2.24. The molecule has 0 atom stereocenters. The summed E-state index contributed by atoms with van der Waals surface area (Å²) >= 11 is 3.32. The minimum absolute atomic E-state index is 0.174. The summed E-state index contributed by atoms with van der Waals surface area (Å²) < 4.78 is 26.7. The molecule has 0 unspecified atom stereocenters. The number of nitrogens with zero attached hydrogens (tertiary/aromatic N) is 2. The van der Waals surface area contributed by atoms with E-state index in [9.17, 15) is 8.42 Å². The number of halogens is 1. The molecule has 1 aromatic carbocycles. The van der Waals surface area contributed by atoms with E-state index in [0.717, 1.165) is 4.47 Å². The molecule has 4 nitrogen and oxygen atoms in total. The third kappa shape index (κ3) is 2.54. The van der Waals surface area contributed by atoms with Crippen LogP contribution in [0, 0.1) is 0 Å². The summed E-state index contributed by atoms with van der Waals surface area (Å²) in [5, 5.41) is 0. The molecular weight excluding hydrogens is 316 g/mol. The van der Waals surface area contributed by atoms with Crippen LogP contribution in [0.25, 0.3) is 0 Å². The first-order chi connectivity index (χ1) is 8.51. The molecule has 0 aliphatic carbocycles. The zero-order valence-electron chi connectivity index (χ0n) is 9.62. The third-order valence-corrected chi connectivity index (χ3v) is 4.73. The van der Waals surface area contributed by atoms with Crippen molar-refractivity contribution in [2.75, 3.05) is 11.4 Å². The fourth-order valence-corrected chi connectivity index (χ4v) is 3.01. The Kier molecular flexibility index (Phi) is 3.68. The van der Waals surface area contributed by atoms with Gasteiger partial charge in [0.15, 0.2) is 0 Å². The predicted octanol–water partition coefficient (Wildman–Crippen LogP) is 2.67. The van der Waals surface area contributed by atoms with Gasteiger partial charge in [0.05, 0.1) is 5.69 Å². The lowest BCUT2D eigenvalue weighted by molar-refractivity contribution is 0.594. The number of pyridine rings is 1. The van der Waals surface area contributed by atoms with Crippen molar-refractivity contribution in [1.82, 2.24) is 4.98 Å². The van der Waals surface area contributed by atoms with Gasteiger partial charge in [0.1, 0.15) is 4.90 Å². The molecule has 0 aliphatic rings. The second-order valence-electron chi connectivity index (χ2n) is 3.64. The van der Waals surface area contributed by atoms with Crippen LogP contribution in [0.3, 0.4) is 0 Å². The Labute approximate surface area is 114 Å². The van der Waals surface area contributed by atoms with Crippen molar-refractivity contribution in [2.24, 2.45) is 0 Å². The second kappa shape index (κ2) is 5.07. The van der Waals surface area contributed by atoms with Gasteiger partial charge in [-0.25, -0.2) is 8.42 Å². The highest BCUT2D eigenvalue weighted by Gasteiger charge is 2.21. The van der Waals surface area contributed by atoms with Gasteiger partial charge < -0.3 is 0 Å². The third-order valence-electron chi connectivity index (χ3n) is 2.46. The van der Waals surface area contributed by atoms with E-state index in [-0.39, 0.29) is 4.90 Å². The fraction of sp³-hybridized carbons (Fsp3) is 0.0833. The van der Waals surface area contributed by atoms with Crippen molar-refractivity contribution >= 4 is 31.6 Å². The van der Waals surface area contributed by atoms with Crippen molar-refractivity contribution in [2.45, 2.75) is 4.90 Å². The molecule has 0 bridgehead atoms. The number of rotatable bonds is 3. The Balaban J connectivity index is 2.43. The molecular formula is C12H11BrN2O2S. The van der Waals surface area contributed by atoms with Gasteiger partial charge in [-0.05, 0) is 30.3 Å². The van der Waals surface area contributed by atoms with E-state index in [0.29, 0.717) is 5.69 Å². The first-order valence-electron chi connectivity index (χ1n) is 5.16. The highest BCUT2D eigenvalue weighted by atomic mass is 79.9. The maximum Gasteiger partial charge on any atom is 0.265 e. The topological polar surface area (TPSA) is 50.3 Å². The van der Waals surface area contributed by atoms with Crippen molar-refractivity contribution in [3.05, 3.63) is 53.3 Å². The molecule has 2 aromatic rings. The summed E-state index contributed by atoms with van der Waals surface area (Å²) in [6.45, 7) is 0. The van der Waals surface area contributed by atoms with E-state index in [2.05, 4.69) is 20.9 Å². The predicted molar refractivity (Wildman–Crippen MR) is 74.0 cm³/mol. The van der Waals surface area contributed by atoms with Crippen LogP contribution in [0.2, 0.25) is 0 Å². The van der Waals surface area contributed by atoms with Gasteiger partial charge in [0.2, 0.25) is 0 Å². The summed E-state index contributed by atoms with van der Waals surface area (Å²) in [5.41, 5.74) is 0.591. The van der Waals surface area contributed by atoms with Gasteiger partial charge in [-0.15, -0.1) is 0 Å². The van der Waals surface area contributed by atoms with E-state index in [1.807, 2.05) is 6.07 Å². The second-order valence-corrected chi connectivity index (χ2v) is 6.53. The van der Waals surface area contributed by atoms with E-state index in [4.69, 9.17) is 0 Å². The van der Waals surface area contributed by atoms with Crippen LogP contribution in [-0.2, 0) is 10.0 Å². The van der Waals surface area contributed by atoms with Crippen molar-refractivity contribution in [3.8, 4) is 0 Å². The Hall–Kier alpha value is -1.40. The van der Waals surface area contributed by atoms with Crippen LogP contribution in [0.4, 0.5) is 5.69 Å². The molecule has 1 aromatic heterocycles. The lowest BCUT2D eigenvalue weighted by Crippen LogP contribution is -2.26. The highest BCUT2D eigenvalue weighted by molar-refractivity contribution is 9.10. The SMILES string of the molecule is CN(c1cccc(Br)c1)S(=O)(=O)c1cccnc1. The van der Waals surface area contributed by atoms with Crippen LogP contribution in [0.1, 0.15) is 0 Å². The molecule has 18 heavy (non-hydrogen) atoms. The lowest BCUT2D eigenvalue weighted by Gasteiger charge is -2.19. The summed E-state index contributed by atoms with van der Waals surface area (Å²) in [6, 6.07) is 10.2. The Morgan fingerprint density at radius 1 is 1.22 bits per heavy atom. The standard InChI is InChI=1S/C12H11BrN2O2S/c1-15(11-5-2-4-10(13)8-11)18(16,17)12-6-3-7-14-9-12/h2-9H,1H3. The van der Waals surface area contributed by atoms with Gasteiger partial charge in [0.25, 0.3) is 10.0 Å². The maximum absolute atomic E-state index is 12.3. The average molecular weight is 327 g/mol. The molecule has 0 aliphatic heterocycles. The molecule has 0 saturated heterocycles. The number of benzene rings is 1. The zero-order chi connectivity index (χ0) is 13.2. The number of hydrogen-bond acceptors (Lipinski definition) is 3.